The number of thioether (sulfide) groups is 2. The number of carboxylic acid groups (broad SMARTS) is 1. The highest BCUT2D eigenvalue weighted by Gasteiger charge is 2.05. The molecule has 0 aliphatic rings. The molecule has 0 fully saturated rings. The zero-order chi connectivity index (χ0) is 16.7. The van der Waals surface area contributed by atoms with Crippen molar-refractivity contribution in [3.63, 3.8) is 0 Å². The molecule has 0 aromatic heterocycles. The number of nitrogen functional groups attached to an aromatic ring is 1. The minimum absolute atomic E-state index is 0.0178. The summed E-state index contributed by atoms with van der Waals surface area (Å²) in [5.74, 6) is -0.631. The maximum atomic E-state index is 11.9. The van der Waals surface area contributed by atoms with Gasteiger partial charge in [-0.15, -0.1) is 23.5 Å². The predicted molar refractivity (Wildman–Crippen MR) is 95.0 cm³/mol. The Bertz CT molecular complexity index is 673. The molecule has 7 heteroatoms. The maximum absolute atomic E-state index is 11.9. The van der Waals surface area contributed by atoms with Crippen molar-refractivity contribution in [2.24, 2.45) is 0 Å². The summed E-state index contributed by atoms with van der Waals surface area (Å²) in [5.41, 5.74) is 6.99. The first kappa shape index (κ1) is 17.2. The van der Waals surface area contributed by atoms with Crippen LogP contribution in [0.2, 0.25) is 0 Å². The van der Waals surface area contributed by atoms with Crippen LogP contribution in [0.4, 0.5) is 11.4 Å². The second-order valence-corrected chi connectivity index (χ2v) is 6.71. The van der Waals surface area contributed by atoms with Crippen LogP contribution in [0.3, 0.4) is 0 Å². The van der Waals surface area contributed by atoms with Gasteiger partial charge in [0.15, 0.2) is 0 Å². The number of carboxylic acids is 1. The molecule has 23 heavy (non-hydrogen) atoms. The highest BCUT2D eigenvalue weighted by Crippen LogP contribution is 2.21. The summed E-state index contributed by atoms with van der Waals surface area (Å²) >= 11 is 2.67. The van der Waals surface area contributed by atoms with Crippen molar-refractivity contribution >= 4 is 46.8 Å². The van der Waals surface area contributed by atoms with Crippen molar-refractivity contribution in [1.29, 1.82) is 0 Å². The molecule has 4 N–H and O–H groups in total. The van der Waals surface area contributed by atoms with Crippen molar-refractivity contribution < 1.29 is 14.7 Å². The number of carbonyl (C=O) groups excluding carboxylic acids is 1. The second-order valence-electron chi connectivity index (χ2n) is 4.61. The Morgan fingerprint density at radius 3 is 2.00 bits per heavy atom. The summed E-state index contributed by atoms with van der Waals surface area (Å²) in [7, 11) is 0. The van der Waals surface area contributed by atoms with E-state index in [1.54, 1.807) is 36.4 Å². The first-order valence-electron chi connectivity index (χ1n) is 6.76. The van der Waals surface area contributed by atoms with E-state index >= 15 is 0 Å². The second kappa shape index (κ2) is 8.50. The van der Waals surface area contributed by atoms with Crippen LogP contribution in [0.15, 0.2) is 58.3 Å². The Hall–Kier alpha value is -2.12. The van der Waals surface area contributed by atoms with Crippen LogP contribution in [-0.2, 0) is 9.59 Å². The van der Waals surface area contributed by atoms with Crippen LogP contribution in [0.5, 0.6) is 0 Å². The lowest BCUT2D eigenvalue weighted by Crippen LogP contribution is -2.13. The highest BCUT2D eigenvalue weighted by molar-refractivity contribution is 8.00. The molecule has 0 radical (unpaired) electrons. The molecule has 0 atom stereocenters. The zero-order valence-corrected chi connectivity index (χ0v) is 13.8. The van der Waals surface area contributed by atoms with Gasteiger partial charge < -0.3 is 16.2 Å². The summed E-state index contributed by atoms with van der Waals surface area (Å²) in [6, 6.07) is 14.4. The number of anilines is 2. The number of benzene rings is 2. The fourth-order valence-corrected chi connectivity index (χ4v) is 3.01. The molecule has 120 valence electrons. The van der Waals surface area contributed by atoms with Gasteiger partial charge in [0, 0.05) is 21.2 Å². The van der Waals surface area contributed by atoms with Gasteiger partial charge in [-0.3, -0.25) is 9.59 Å². The van der Waals surface area contributed by atoms with Gasteiger partial charge in [0.05, 0.1) is 11.5 Å². The van der Waals surface area contributed by atoms with Crippen LogP contribution >= 0.6 is 23.5 Å². The quantitative estimate of drug-likeness (QED) is 0.526. The molecule has 0 bridgehead atoms. The van der Waals surface area contributed by atoms with Gasteiger partial charge in [-0.25, -0.2) is 0 Å². The standard InChI is InChI=1S/C16H16N2O3S2/c17-11-1-5-13(6-2-11)22-9-15(19)18-12-3-7-14(8-4-12)23-10-16(20)21/h1-8H,9-10,17H2,(H,18,19)(H,20,21). The number of hydrogen-bond donors (Lipinski definition) is 3. The van der Waals surface area contributed by atoms with Crippen LogP contribution in [0.1, 0.15) is 0 Å². The van der Waals surface area contributed by atoms with E-state index in [1.807, 2.05) is 12.1 Å². The minimum Gasteiger partial charge on any atom is -0.481 e. The SMILES string of the molecule is Nc1ccc(SCC(=O)Nc2ccc(SCC(=O)O)cc2)cc1. The Morgan fingerprint density at radius 1 is 0.913 bits per heavy atom. The van der Waals surface area contributed by atoms with Gasteiger partial charge in [-0.2, -0.15) is 0 Å². The minimum atomic E-state index is -0.855. The van der Waals surface area contributed by atoms with Crippen LogP contribution in [0, 0.1) is 0 Å². The average molecular weight is 348 g/mol. The number of rotatable bonds is 7. The number of amides is 1. The first-order chi connectivity index (χ1) is 11.0. The summed E-state index contributed by atoms with van der Waals surface area (Å²) in [6.07, 6.45) is 0. The lowest BCUT2D eigenvalue weighted by molar-refractivity contribution is -0.133. The summed E-state index contributed by atoms with van der Waals surface area (Å²) in [6.45, 7) is 0. The normalized spacial score (nSPS) is 10.3. The van der Waals surface area contributed by atoms with E-state index in [4.69, 9.17) is 10.8 Å². The topological polar surface area (TPSA) is 92.4 Å². The zero-order valence-electron chi connectivity index (χ0n) is 12.2. The third kappa shape index (κ3) is 6.25. The van der Waals surface area contributed by atoms with E-state index in [0.717, 1.165) is 9.79 Å². The number of hydrogen-bond acceptors (Lipinski definition) is 5. The van der Waals surface area contributed by atoms with Crippen molar-refractivity contribution in [3.05, 3.63) is 48.5 Å². The molecule has 5 nitrogen and oxygen atoms in total. The highest BCUT2D eigenvalue weighted by atomic mass is 32.2. The molecular formula is C16H16N2O3S2. The fraction of sp³-hybridized carbons (Fsp3) is 0.125. The van der Waals surface area contributed by atoms with Gasteiger partial charge in [-0.1, -0.05) is 0 Å². The van der Waals surface area contributed by atoms with Crippen LogP contribution in [0.25, 0.3) is 0 Å². The van der Waals surface area contributed by atoms with Gasteiger partial charge in [0.2, 0.25) is 5.91 Å². The van der Waals surface area contributed by atoms with Crippen molar-refractivity contribution in [1.82, 2.24) is 0 Å². The number of nitrogens with two attached hydrogens (primary N) is 1. The molecule has 0 heterocycles. The van der Waals surface area contributed by atoms with Gasteiger partial charge in [-0.05, 0) is 48.5 Å². The molecule has 0 aliphatic carbocycles. The molecule has 2 aromatic carbocycles. The molecular weight excluding hydrogens is 332 g/mol. The summed E-state index contributed by atoms with van der Waals surface area (Å²) in [4.78, 5) is 24.2. The predicted octanol–water partition coefficient (Wildman–Crippen LogP) is 3.18. The Morgan fingerprint density at radius 2 is 1.43 bits per heavy atom. The van der Waals surface area contributed by atoms with Gasteiger partial charge in [0.1, 0.15) is 0 Å². The van der Waals surface area contributed by atoms with Gasteiger partial charge >= 0.3 is 5.97 Å². The molecule has 2 aromatic rings. The van der Waals surface area contributed by atoms with Crippen molar-refractivity contribution in [2.75, 3.05) is 22.6 Å². The largest absolute Gasteiger partial charge is 0.481 e. The molecule has 0 aliphatic heterocycles. The summed E-state index contributed by atoms with van der Waals surface area (Å²) < 4.78 is 0. The van der Waals surface area contributed by atoms with E-state index in [9.17, 15) is 9.59 Å². The lowest BCUT2D eigenvalue weighted by atomic mass is 10.3. The van der Waals surface area contributed by atoms with Crippen LogP contribution in [-0.4, -0.2) is 28.5 Å². The number of nitrogens with one attached hydrogen (secondary N) is 1. The molecule has 2 rings (SSSR count). The monoisotopic (exact) mass is 348 g/mol. The van der Waals surface area contributed by atoms with E-state index in [2.05, 4.69) is 5.32 Å². The van der Waals surface area contributed by atoms with E-state index < -0.39 is 5.97 Å². The fourth-order valence-electron chi connectivity index (χ4n) is 1.69. The number of carbonyl (C=O) groups is 2. The molecule has 0 saturated heterocycles. The molecule has 0 unspecified atom stereocenters. The Labute approximate surface area is 142 Å². The lowest BCUT2D eigenvalue weighted by Gasteiger charge is -2.06. The first-order valence-corrected chi connectivity index (χ1v) is 8.73. The number of aliphatic carboxylic acids is 1. The van der Waals surface area contributed by atoms with E-state index in [-0.39, 0.29) is 11.7 Å². The third-order valence-corrected chi connectivity index (χ3v) is 4.76. The van der Waals surface area contributed by atoms with Gasteiger partial charge in [0.25, 0.3) is 0 Å². The Kier molecular flexibility index (Phi) is 6.37. The van der Waals surface area contributed by atoms with Crippen molar-refractivity contribution in [3.8, 4) is 0 Å². The van der Waals surface area contributed by atoms with E-state index in [1.165, 1.54) is 23.5 Å². The molecule has 1 amide bonds. The molecule has 0 saturated carbocycles. The summed E-state index contributed by atoms with van der Waals surface area (Å²) in [5, 5.41) is 11.4. The van der Waals surface area contributed by atoms with E-state index in [0.29, 0.717) is 17.1 Å². The third-order valence-electron chi connectivity index (χ3n) is 2.75. The average Bonchev–Trinajstić information content (AvgIpc) is 2.53. The van der Waals surface area contributed by atoms with Crippen LogP contribution < -0.4 is 11.1 Å². The van der Waals surface area contributed by atoms with Crippen molar-refractivity contribution in [2.45, 2.75) is 9.79 Å². The molecule has 0 spiro atoms. The smallest absolute Gasteiger partial charge is 0.313 e. The maximum Gasteiger partial charge on any atom is 0.313 e. The Balaban J connectivity index is 1.80.